The number of fused-ring (bicyclic) bond motifs is 8. The molecule has 2 aliphatic rings. The number of aromatic nitrogens is 2. The monoisotopic (exact) mass is 766 g/mol. The molecule has 2 aliphatic carbocycles. The van der Waals surface area contributed by atoms with E-state index in [1.165, 1.54) is 109 Å². The lowest BCUT2D eigenvalue weighted by Gasteiger charge is -2.36. The first-order valence-corrected chi connectivity index (χ1v) is 21.5. The molecule has 284 valence electrons. The van der Waals surface area contributed by atoms with Crippen molar-refractivity contribution in [3.63, 3.8) is 0 Å². The van der Waals surface area contributed by atoms with Gasteiger partial charge in [-0.3, -0.25) is 0 Å². The van der Waals surface area contributed by atoms with Gasteiger partial charge in [0.05, 0.1) is 11.4 Å². The second-order valence-corrected chi connectivity index (χ2v) is 16.7. The van der Waals surface area contributed by atoms with Gasteiger partial charge in [0.15, 0.2) is 5.82 Å². The molecule has 2 heteroatoms. The van der Waals surface area contributed by atoms with E-state index in [1.54, 1.807) is 0 Å². The van der Waals surface area contributed by atoms with Gasteiger partial charge in [0.2, 0.25) is 0 Å². The molecule has 0 saturated heterocycles. The van der Waals surface area contributed by atoms with Gasteiger partial charge >= 0.3 is 0 Å². The number of rotatable bonds is 5. The number of nitrogens with zero attached hydrogens (tertiary/aromatic N) is 2. The molecule has 1 fully saturated rings. The Kier molecular flexibility index (Phi) is 8.13. The van der Waals surface area contributed by atoms with Crippen molar-refractivity contribution >= 4 is 32.3 Å². The fourth-order valence-electron chi connectivity index (χ4n) is 10.8. The molecule has 0 bridgehead atoms. The summed E-state index contributed by atoms with van der Waals surface area (Å²) in [4.78, 5) is 10.5. The van der Waals surface area contributed by atoms with Crippen LogP contribution in [0.2, 0.25) is 0 Å². The SMILES string of the molecule is c1ccc(-c2cc(-c3c4ccccc4c(-c4ccccc4-c4cccc5c4-c4cc6ccccc6cc4C54CCCCC4)c4ccccc34)nc(-c3ccccc3)n2)cc1. The van der Waals surface area contributed by atoms with E-state index in [2.05, 4.69) is 188 Å². The predicted molar refractivity (Wildman–Crippen MR) is 251 cm³/mol. The third-order valence-corrected chi connectivity index (χ3v) is 13.5. The topological polar surface area (TPSA) is 25.8 Å². The van der Waals surface area contributed by atoms with Crippen molar-refractivity contribution in [3.8, 4) is 67.3 Å². The molecule has 60 heavy (non-hydrogen) atoms. The van der Waals surface area contributed by atoms with E-state index in [-0.39, 0.29) is 5.41 Å². The summed E-state index contributed by atoms with van der Waals surface area (Å²) in [5.74, 6) is 0.719. The summed E-state index contributed by atoms with van der Waals surface area (Å²) in [6, 6.07) is 71.2. The number of benzene rings is 9. The molecule has 0 radical (unpaired) electrons. The first kappa shape index (κ1) is 34.8. The number of hydrogen-bond donors (Lipinski definition) is 0. The van der Waals surface area contributed by atoms with E-state index in [4.69, 9.17) is 9.97 Å². The first-order valence-electron chi connectivity index (χ1n) is 21.5. The molecule has 1 spiro atoms. The van der Waals surface area contributed by atoms with Crippen LogP contribution in [0.5, 0.6) is 0 Å². The molecule has 1 saturated carbocycles. The van der Waals surface area contributed by atoms with Crippen molar-refractivity contribution in [1.82, 2.24) is 9.97 Å². The van der Waals surface area contributed by atoms with Gasteiger partial charge in [-0.1, -0.05) is 195 Å². The van der Waals surface area contributed by atoms with Crippen LogP contribution in [0.1, 0.15) is 43.2 Å². The molecule has 10 aromatic rings. The minimum Gasteiger partial charge on any atom is -0.228 e. The van der Waals surface area contributed by atoms with Crippen molar-refractivity contribution in [2.24, 2.45) is 0 Å². The summed E-state index contributed by atoms with van der Waals surface area (Å²) in [7, 11) is 0. The Bertz CT molecular complexity index is 3170. The summed E-state index contributed by atoms with van der Waals surface area (Å²) < 4.78 is 0. The lowest BCUT2D eigenvalue weighted by Crippen LogP contribution is -2.28. The van der Waals surface area contributed by atoms with Gasteiger partial charge in [-0.05, 0) is 108 Å². The molecule has 1 aromatic heterocycles. The molecule has 2 nitrogen and oxygen atoms in total. The summed E-state index contributed by atoms with van der Waals surface area (Å²) in [6.45, 7) is 0. The van der Waals surface area contributed by atoms with Crippen LogP contribution in [0, 0.1) is 0 Å². The van der Waals surface area contributed by atoms with Gasteiger partial charge in [-0.25, -0.2) is 9.97 Å². The quantitative estimate of drug-likeness (QED) is 0.163. The Balaban J connectivity index is 1.12. The van der Waals surface area contributed by atoms with Gasteiger partial charge in [-0.15, -0.1) is 0 Å². The van der Waals surface area contributed by atoms with E-state index in [0.717, 1.165) is 33.9 Å². The Hall–Kier alpha value is -7.16. The number of hydrogen-bond acceptors (Lipinski definition) is 2. The molecule has 0 amide bonds. The fraction of sp³-hybridized carbons (Fsp3) is 0.103. The summed E-state index contributed by atoms with van der Waals surface area (Å²) in [5.41, 5.74) is 16.0. The van der Waals surface area contributed by atoms with Crippen molar-refractivity contribution in [1.29, 1.82) is 0 Å². The van der Waals surface area contributed by atoms with E-state index in [9.17, 15) is 0 Å². The van der Waals surface area contributed by atoms with Gasteiger partial charge < -0.3 is 0 Å². The molecule has 0 unspecified atom stereocenters. The minimum absolute atomic E-state index is 0.0493. The third kappa shape index (κ3) is 5.41. The Morgan fingerprint density at radius 1 is 0.333 bits per heavy atom. The van der Waals surface area contributed by atoms with Crippen LogP contribution in [-0.4, -0.2) is 9.97 Å². The smallest absolute Gasteiger partial charge is 0.160 e. The maximum absolute atomic E-state index is 5.38. The Morgan fingerprint density at radius 2 is 0.867 bits per heavy atom. The highest BCUT2D eigenvalue weighted by atomic mass is 14.9. The van der Waals surface area contributed by atoms with E-state index in [1.807, 2.05) is 6.07 Å². The van der Waals surface area contributed by atoms with E-state index < -0.39 is 0 Å². The summed E-state index contributed by atoms with van der Waals surface area (Å²) >= 11 is 0. The standard InChI is InChI=1S/C58H42N2/c1-4-19-38(20-5-1)52-37-53(60-57(59-52)39-21-6-2-7-22-39)56-47-29-14-12-27-45(47)54(46-28-13-15-30-48(46)56)43-26-11-10-25-42(43)44-31-18-32-50-55(44)49-35-40-23-8-9-24-41(40)36-51(49)58(50)33-16-3-17-34-58/h1-2,4-15,18-32,35-37H,3,16-17,33-34H2. The first-order chi connectivity index (χ1) is 29.7. The lowest BCUT2D eigenvalue weighted by molar-refractivity contribution is 0.353. The van der Waals surface area contributed by atoms with Gasteiger partial charge in [-0.2, -0.15) is 0 Å². The van der Waals surface area contributed by atoms with Crippen LogP contribution in [0.4, 0.5) is 0 Å². The van der Waals surface area contributed by atoms with Crippen LogP contribution < -0.4 is 0 Å². The second-order valence-electron chi connectivity index (χ2n) is 16.7. The molecule has 9 aromatic carbocycles. The van der Waals surface area contributed by atoms with E-state index in [0.29, 0.717) is 0 Å². The third-order valence-electron chi connectivity index (χ3n) is 13.5. The summed E-state index contributed by atoms with van der Waals surface area (Å²) in [6.07, 6.45) is 6.25. The molecule has 12 rings (SSSR count). The molecule has 0 atom stereocenters. The largest absolute Gasteiger partial charge is 0.228 e. The Morgan fingerprint density at radius 3 is 1.55 bits per heavy atom. The zero-order valence-corrected chi connectivity index (χ0v) is 33.4. The molecule has 0 aliphatic heterocycles. The normalized spacial score (nSPS) is 14.1. The van der Waals surface area contributed by atoms with Crippen molar-refractivity contribution < 1.29 is 0 Å². The van der Waals surface area contributed by atoms with Crippen LogP contribution >= 0.6 is 0 Å². The van der Waals surface area contributed by atoms with Gasteiger partial charge in [0.25, 0.3) is 0 Å². The fourth-order valence-corrected chi connectivity index (χ4v) is 10.8. The molecular formula is C58H42N2. The van der Waals surface area contributed by atoms with Crippen molar-refractivity contribution in [2.45, 2.75) is 37.5 Å². The van der Waals surface area contributed by atoms with E-state index >= 15 is 0 Å². The van der Waals surface area contributed by atoms with Crippen molar-refractivity contribution in [3.05, 3.63) is 205 Å². The van der Waals surface area contributed by atoms with Crippen molar-refractivity contribution in [2.75, 3.05) is 0 Å². The van der Waals surface area contributed by atoms with Crippen LogP contribution in [-0.2, 0) is 5.41 Å². The highest BCUT2D eigenvalue weighted by molar-refractivity contribution is 6.22. The second kappa shape index (κ2) is 14.0. The van der Waals surface area contributed by atoms with Crippen LogP contribution in [0.15, 0.2) is 194 Å². The molecule has 1 heterocycles. The zero-order valence-electron chi connectivity index (χ0n) is 33.4. The van der Waals surface area contributed by atoms with Crippen LogP contribution in [0.25, 0.3) is 99.6 Å². The predicted octanol–water partition coefficient (Wildman–Crippen LogP) is 15.5. The van der Waals surface area contributed by atoms with Crippen LogP contribution in [0.3, 0.4) is 0 Å². The minimum atomic E-state index is 0.0493. The lowest BCUT2D eigenvalue weighted by atomic mass is 9.67. The Labute approximate surface area is 350 Å². The maximum Gasteiger partial charge on any atom is 0.160 e. The molecular weight excluding hydrogens is 725 g/mol. The average Bonchev–Trinajstić information content (AvgIpc) is 3.57. The summed E-state index contributed by atoms with van der Waals surface area (Å²) in [5, 5.41) is 7.42. The zero-order chi connectivity index (χ0) is 39.6. The maximum atomic E-state index is 5.38. The molecule has 0 N–H and O–H groups in total. The highest BCUT2D eigenvalue weighted by Crippen LogP contribution is 2.59. The van der Waals surface area contributed by atoms with Gasteiger partial charge in [0, 0.05) is 22.1 Å². The average molecular weight is 767 g/mol. The highest BCUT2D eigenvalue weighted by Gasteiger charge is 2.45. The van der Waals surface area contributed by atoms with Gasteiger partial charge in [0.1, 0.15) is 0 Å².